The number of hydrogen-bond donors (Lipinski definition) is 2. The average Bonchev–Trinajstić information content (AvgIpc) is 3.28. The van der Waals surface area contributed by atoms with Crippen LogP contribution in [0.15, 0.2) is 29.4 Å². The fourth-order valence-corrected chi connectivity index (χ4v) is 3.78. The lowest BCUT2D eigenvalue weighted by molar-refractivity contribution is -0.115. The van der Waals surface area contributed by atoms with Crippen LogP contribution in [0.1, 0.15) is 38.4 Å². The minimum absolute atomic E-state index is 0.0719. The third-order valence-electron chi connectivity index (χ3n) is 4.48. The molecule has 7 heteroatoms. The molecule has 6 nitrogen and oxygen atoms in total. The van der Waals surface area contributed by atoms with Crippen LogP contribution in [0.4, 0.5) is 5.69 Å². The van der Waals surface area contributed by atoms with Gasteiger partial charge in [-0.3, -0.25) is 9.89 Å². The Morgan fingerprint density at radius 3 is 2.76 bits per heavy atom. The van der Waals surface area contributed by atoms with E-state index in [2.05, 4.69) is 20.5 Å². The van der Waals surface area contributed by atoms with E-state index in [1.165, 1.54) is 37.4 Å². The second-order valence-electron chi connectivity index (χ2n) is 6.40. The van der Waals surface area contributed by atoms with Crippen LogP contribution < -0.4 is 10.1 Å². The van der Waals surface area contributed by atoms with E-state index in [9.17, 15) is 4.79 Å². The minimum Gasteiger partial charge on any atom is -0.497 e. The predicted octanol–water partition coefficient (Wildman–Crippen LogP) is 3.67. The Hall–Kier alpha value is -2.02. The smallest absolute Gasteiger partial charge is 0.237 e. The van der Waals surface area contributed by atoms with Crippen LogP contribution in [-0.4, -0.2) is 33.4 Å². The molecule has 1 amide bonds. The summed E-state index contributed by atoms with van der Waals surface area (Å²) < 4.78 is 5.11. The van der Waals surface area contributed by atoms with Crippen molar-refractivity contribution < 1.29 is 9.53 Å². The average molecular weight is 360 g/mol. The maximum atomic E-state index is 12.3. The lowest BCUT2D eigenvalue weighted by Gasteiger charge is -2.10. The summed E-state index contributed by atoms with van der Waals surface area (Å²) in [5, 5.41) is 10.5. The monoisotopic (exact) mass is 360 g/mol. The first kappa shape index (κ1) is 17.8. The first-order valence-electron chi connectivity index (χ1n) is 8.67. The van der Waals surface area contributed by atoms with Crippen molar-refractivity contribution in [1.82, 2.24) is 15.2 Å². The number of aromatic nitrogens is 3. The first-order valence-corrected chi connectivity index (χ1v) is 9.55. The molecule has 2 N–H and O–H groups in total. The number of carbonyl (C=O) groups is 1. The molecule has 0 bridgehead atoms. The molecule has 25 heavy (non-hydrogen) atoms. The molecule has 1 unspecified atom stereocenters. The lowest BCUT2D eigenvalue weighted by Crippen LogP contribution is -2.22. The molecule has 134 valence electrons. The molecule has 1 fully saturated rings. The standard InChI is InChI=1S/C18H24N4O2S/c1-12(17(23)19-14-7-9-15(24-2)10-8-14)25-18-20-16(21-22-18)11-13-5-3-4-6-13/h7-10,12-13H,3-6,11H2,1-2H3,(H,19,23)(H,20,21,22). The van der Waals surface area contributed by atoms with Crippen LogP contribution in [0.25, 0.3) is 0 Å². The molecule has 1 atom stereocenters. The molecule has 0 aliphatic heterocycles. The number of benzene rings is 1. The summed E-state index contributed by atoms with van der Waals surface area (Å²) in [7, 11) is 1.62. The number of methoxy groups -OCH3 is 1. The molecule has 0 saturated heterocycles. The van der Waals surface area contributed by atoms with Crippen molar-refractivity contribution in [3.05, 3.63) is 30.1 Å². The summed E-state index contributed by atoms with van der Waals surface area (Å²) in [5.74, 6) is 2.34. The van der Waals surface area contributed by atoms with Gasteiger partial charge in [-0.2, -0.15) is 0 Å². The fraction of sp³-hybridized carbons (Fsp3) is 0.500. The summed E-state index contributed by atoms with van der Waals surface area (Å²) in [6.07, 6.45) is 6.17. The minimum atomic E-state index is -0.280. The highest BCUT2D eigenvalue weighted by Gasteiger charge is 2.20. The van der Waals surface area contributed by atoms with E-state index in [-0.39, 0.29) is 11.2 Å². The Labute approximate surface area is 152 Å². The second kappa shape index (κ2) is 8.38. The molecule has 1 saturated carbocycles. The maximum absolute atomic E-state index is 12.3. The van der Waals surface area contributed by atoms with Crippen LogP contribution >= 0.6 is 11.8 Å². The molecule has 1 aliphatic carbocycles. The van der Waals surface area contributed by atoms with Gasteiger partial charge in [0.15, 0.2) is 0 Å². The zero-order chi connectivity index (χ0) is 17.6. The molecule has 2 aromatic rings. The van der Waals surface area contributed by atoms with Gasteiger partial charge in [0.25, 0.3) is 0 Å². The van der Waals surface area contributed by atoms with Crippen molar-refractivity contribution in [2.24, 2.45) is 5.92 Å². The number of aromatic amines is 1. The highest BCUT2D eigenvalue weighted by molar-refractivity contribution is 8.00. The molecular weight excluding hydrogens is 336 g/mol. The Kier molecular flexibility index (Phi) is 5.96. The molecule has 3 rings (SSSR count). The van der Waals surface area contributed by atoms with Crippen LogP contribution in [-0.2, 0) is 11.2 Å². The van der Waals surface area contributed by atoms with Gasteiger partial charge in [-0.05, 0) is 37.1 Å². The van der Waals surface area contributed by atoms with Crippen LogP contribution in [0.2, 0.25) is 0 Å². The summed E-state index contributed by atoms with van der Waals surface area (Å²) in [5.41, 5.74) is 0.746. The van der Waals surface area contributed by atoms with Crippen molar-refractivity contribution in [2.75, 3.05) is 12.4 Å². The van der Waals surface area contributed by atoms with E-state index >= 15 is 0 Å². The normalized spacial score (nSPS) is 15.9. The van der Waals surface area contributed by atoms with Gasteiger partial charge in [0.1, 0.15) is 11.6 Å². The van der Waals surface area contributed by atoms with Gasteiger partial charge < -0.3 is 10.1 Å². The zero-order valence-corrected chi connectivity index (χ0v) is 15.4. The van der Waals surface area contributed by atoms with Crippen LogP contribution in [0.3, 0.4) is 0 Å². The van der Waals surface area contributed by atoms with Gasteiger partial charge in [-0.1, -0.05) is 37.4 Å². The van der Waals surface area contributed by atoms with Gasteiger partial charge in [0.05, 0.1) is 12.4 Å². The first-order chi connectivity index (χ1) is 12.1. The number of rotatable bonds is 7. The van der Waals surface area contributed by atoms with Crippen LogP contribution in [0, 0.1) is 5.92 Å². The Morgan fingerprint density at radius 2 is 2.08 bits per heavy atom. The number of thioether (sulfide) groups is 1. The van der Waals surface area contributed by atoms with Gasteiger partial charge in [0, 0.05) is 12.1 Å². The van der Waals surface area contributed by atoms with Gasteiger partial charge in [-0.25, -0.2) is 4.98 Å². The molecule has 0 spiro atoms. The van der Waals surface area contributed by atoms with E-state index in [0.29, 0.717) is 5.16 Å². The Bertz CT molecular complexity index is 695. The Morgan fingerprint density at radius 1 is 1.36 bits per heavy atom. The second-order valence-corrected chi connectivity index (χ2v) is 7.71. The van der Waals surface area contributed by atoms with Crippen molar-refractivity contribution in [3.8, 4) is 5.75 Å². The van der Waals surface area contributed by atoms with Crippen molar-refractivity contribution in [2.45, 2.75) is 49.4 Å². The molecule has 1 aromatic carbocycles. The maximum Gasteiger partial charge on any atom is 0.237 e. The molecular formula is C18H24N4O2S. The number of ether oxygens (including phenoxy) is 1. The molecule has 1 aliphatic rings. The SMILES string of the molecule is COc1ccc(NC(=O)C(C)Sc2n[nH]c(CC3CCCC3)n2)cc1. The summed E-state index contributed by atoms with van der Waals surface area (Å²) in [6, 6.07) is 7.28. The van der Waals surface area contributed by atoms with E-state index in [1.54, 1.807) is 7.11 Å². The van der Waals surface area contributed by atoms with E-state index < -0.39 is 0 Å². The summed E-state index contributed by atoms with van der Waals surface area (Å²) in [4.78, 5) is 16.9. The predicted molar refractivity (Wildman–Crippen MR) is 99.0 cm³/mol. The van der Waals surface area contributed by atoms with Crippen molar-refractivity contribution in [1.29, 1.82) is 0 Å². The van der Waals surface area contributed by atoms with Gasteiger partial charge in [0.2, 0.25) is 11.1 Å². The van der Waals surface area contributed by atoms with Crippen molar-refractivity contribution >= 4 is 23.4 Å². The van der Waals surface area contributed by atoms with Gasteiger partial charge in [-0.15, -0.1) is 5.10 Å². The van der Waals surface area contributed by atoms with Crippen LogP contribution in [0.5, 0.6) is 5.75 Å². The number of amides is 1. The topological polar surface area (TPSA) is 79.9 Å². The highest BCUT2D eigenvalue weighted by atomic mass is 32.2. The Balaban J connectivity index is 1.51. The number of hydrogen-bond acceptors (Lipinski definition) is 5. The number of nitrogens with zero attached hydrogens (tertiary/aromatic N) is 2. The molecule has 1 heterocycles. The number of H-pyrrole nitrogens is 1. The fourth-order valence-electron chi connectivity index (χ4n) is 3.04. The molecule has 0 radical (unpaired) electrons. The largest absolute Gasteiger partial charge is 0.497 e. The third kappa shape index (κ3) is 4.98. The lowest BCUT2D eigenvalue weighted by atomic mass is 10.0. The third-order valence-corrected chi connectivity index (χ3v) is 5.44. The van der Waals surface area contributed by atoms with Gasteiger partial charge >= 0.3 is 0 Å². The summed E-state index contributed by atoms with van der Waals surface area (Å²) >= 11 is 1.37. The number of carbonyl (C=O) groups excluding carboxylic acids is 1. The highest BCUT2D eigenvalue weighted by Crippen LogP contribution is 2.28. The van der Waals surface area contributed by atoms with E-state index in [0.717, 1.165) is 29.6 Å². The zero-order valence-electron chi connectivity index (χ0n) is 14.6. The summed E-state index contributed by atoms with van der Waals surface area (Å²) in [6.45, 7) is 1.86. The van der Waals surface area contributed by atoms with E-state index in [1.807, 2.05) is 31.2 Å². The quantitative estimate of drug-likeness (QED) is 0.737. The number of nitrogens with one attached hydrogen (secondary N) is 2. The number of anilines is 1. The van der Waals surface area contributed by atoms with Crippen molar-refractivity contribution in [3.63, 3.8) is 0 Å². The van der Waals surface area contributed by atoms with E-state index in [4.69, 9.17) is 4.74 Å². The molecule has 1 aromatic heterocycles.